The normalized spacial score (nSPS) is 21.1. The van der Waals surface area contributed by atoms with Crippen molar-refractivity contribution in [3.8, 4) is 11.1 Å². The Balaban J connectivity index is 1.51. The molecule has 0 heterocycles. The van der Waals surface area contributed by atoms with Crippen LogP contribution in [-0.4, -0.2) is 0 Å². The van der Waals surface area contributed by atoms with Gasteiger partial charge in [-0.25, -0.2) is 0 Å². The lowest BCUT2D eigenvalue weighted by molar-refractivity contribution is 0.442. The summed E-state index contributed by atoms with van der Waals surface area (Å²) in [6, 6.07) is 14.6. The average Bonchev–Trinajstić information content (AvgIpc) is 3.07. The SMILES string of the molecule is c1cc2c(c(C3CCCCC3)c1)Cc1ccc(C3CCCCC3)cc1-2. The molecular weight excluding hydrogens is 300 g/mol. The Morgan fingerprint density at radius 1 is 0.640 bits per heavy atom. The van der Waals surface area contributed by atoms with E-state index in [9.17, 15) is 0 Å². The molecule has 3 aliphatic carbocycles. The molecule has 0 N–H and O–H groups in total. The Morgan fingerprint density at radius 3 is 2.12 bits per heavy atom. The Morgan fingerprint density at radius 2 is 1.36 bits per heavy atom. The van der Waals surface area contributed by atoms with Crippen LogP contribution in [0.25, 0.3) is 11.1 Å². The van der Waals surface area contributed by atoms with Crippen molar-refractivity contribution in [2.75, 3.05) is 0 Å². The van der Waals surface area contributed by atoms with Crippen LogP contribution in [0.3, 0.4) is 0 Å². The van der Waals surface area contributed by atoms with Crippen molar-refractivity contribution in [1.82, 2.24) is 0 Å². The smallest absolute Gasteiger partial charge is 0.00106 e. The summed E-state index contributed by atoms with van der Waals surface area (Å²) in [4.78, 5) is 0. The molecule has 2 aromatic carbocycles. The molecule has 130 valence electrons. The van der Waals surface area contributed by atoms with Crippen molar-refractivity contribution in [2.24, 2.45) is 0 Å². The van der Waals surface area contributed by atoms with Crippen LogP contribution in [0.1, 0.15) is 98.3 Å². The predicted molar refractivity (Wildman–Crippen MR) is 106 cm³/mol. The summed E-state index contributed by atoms with van der Waals surface area (Å²) in [5.41, 5.74) is 9.61. The minimum Gasteiger partial charge on any atom is -0.0613 e. The molecule has 0 spiro atoms. The van der Waals surface area contributed by atoms with E-state index in [1.54, 1.807) is 33.4 Å². The maximum absolute atomic E-state index is 2.56. The van der Waals surface area contributed by atoms with Crippen molar-refractivity contribution < 1.29 is 0 Å². The third-order valence-electron chi connectivity index (χ3n) is 7.13. The second kappa shape index (κ2) is 6.63. The molecule has 2 aromatic rings. The van der Waals surface area contributed by atoms with Gasteiger partial charge in [-0.05, 0) is 77.3 Å². The average molecular weight is 331 g/mol. The fourth-order valence-corrected chi connectivity index (χ4v) is 5.73. The topological polar surface area (TPSA) is 0 Å². The lowest BCUT2D eigenvalue weighted by atomic mass is 9.81. The third kappa shape index (κ3) is 2.84. The molecule has 5 rings (SSSR count). The summed E-state index contributed by atoms with van der Waals surface area (Å²) >= 11 is 0. The third-order valence-corrected chi connectivity index (χ3v) is 7.13. The molecule has 0 bridgehead atoms. The van der Waals surface area contributed by atoms with E-state index in [0.29, 0.717) is 0 Å². The summed E-state index contributed by atoms with van der Waals surface area (Å²) < 4.78 is 0. The minimum atomic E-state index is 0.810. The van der Waals surface area contributed by atoms with E-state index in [1.807, 2.05) is 0 Å². The van der Waals surface area contributed by atoms with Gasteiger partial charge in [0.25, 0.3) is 0 Å². The zero-order valence-corrected chi connectivity index (χ0v) is 15.4. The van der Waals surface area contributed by atoms with Crippen LogP contribution in [-0.2, 0) is 6.42 Å². The highest BCUT2D eigenvalue weighted by atomic mass is 14.3. The first-order valence-corrected chi connectivity index (χ1v) is 10.6. The summed E-state index contributed by atoms with van der Waals surface area (Å²) in [6.07, 6.45) is 15.3. The van der Waals surface area contributed by atoms with Gasteiger partial charge in [0.15, 0.2) is 0 Å². The molecular formula is C25H30. The number of fused-ring (bicyclic) bond motifs is 3. The number of hydrogen-bond donors (Lipinski definition) is 0. The predicted octanol–water partition coefficient (Wildman–Crippen LogP) is 7.35. The van der Waals surface area contributed by atoms with Crippen LogP contribution in [0, 0.1) is 0 Å². The van der Waals surface area contributed by atoms with Crippen molar-refractivity contribution >= 4 is 0 Å². The highest BCUT2D eigenvalue weighted by molar-refractivity contribution is 5.78. The molecule has 0 saturated heterocycles. The second-order valence-electron chi connectivity index (χ2n) is 8.64. The molecule has 0 radical (unpaired) electrons. The zero-order chi connectivity index (χ0) is 16.6. The van der Waals surface area contributed by atoms with Gasteiger partial charge in [0.2, 0.25) is 0 Å². The Kier molecular flexibility index (Phi) is 4.16. The van der Waals surface area contributed by atoms with Crippen molar-refractivity contribution in [3.05, 3.63) is 58.7 Å². The van der Waals surface area contributed by atoms with Crippen LogP contribution in [0.15, 0.2) is 36.4 Å². The van der Waals surface area contributed by atoms with Gasteiger partial charge in [-0.3, -0.25) is 0 Å². The van der Waals surface area contributed by atoms with Crippen LogP contribution in [0.2, 0.25) is 0 Å². The van der Waals surface area contributed by atoms with Gasteiger partial charge < -0.3 is 0 Å². The molecule has 0 heteroatoms. The first-order chi connectivity index (χ1) is 12.4. The van der Waals surface area contributed by atoms with E-state index in [2.05, 4.69) is 36.4 Å². The van der Waals surface area contributed by atoms with E-state index in [-0.39, 0.29) is 0 Å². The standard InChI is InChI=1S/C25H30/c1-3-8-18(9-4-1)20-14-15-21-17-25-22(19-10-5-2-6-11-19)12-7-13-23(25)24(21)16-20/h7,12-16,18-19H,1-6,8-11,17H2. The van der Waals surface area contributed by atoms with E-state index < -0.39 is 0 Å². The van der Waals surface area contributed by atoms with Crippen molar-refractivity contribution in [2.45, 2.75) is 82.5 Å². The molecule has 2 saturated carbocycles. The van der Waals surface area contributed by atoms with Crippen LogP contribution >= 0.6 is 0 Å². The highest BCUT2D eigenvalue weighted by Crippen LogP contribution is 2.45. The summed E-state index contributed by atoms with van der Waals surface area (Å²) in [5, 5.41) is 0. The van der Waals surface area contributed by atoms with Crippen LogP contribution < -0.4 is 0 Å². The van der Waals surface area contributed by atoms with Gasteiger partial charge in [0.1, 0.15) is 0 Å². The van der Waals surface area contributed by atoms with Gasteiger partial charge in [-0.2, -0.15) is 0 Å². The number of benzene rings is 2. The quantitative estimate of drug-likeness (QED) is 0.460. The van der Waals surface area contributed by atoms with Gasteiger partial charge in [-0.15, -0.1) is 0 Å². The highest BCUT2D eigenvalue weighted by Gasteiger charge is 2.26. The van der Waals surface area contributed by atoms with Crippen LogP contribution in [0.5, 0.6) is 0 Å². The molecule has 0 nitrogen and oxygen atoms in total. The summed E-state index contributed by atoms with van der Waals surface area (Å²) in [5.74, 6) is 1.63. The fraction of sp³-hybridized carbons (Fsp3) is 0.520. The Labute approximate surface area is 152 Å². The minimum absolute atomic E-state index is 0.810. The number of hydrogen-bond acceptors (Lipinski definition) is 0. The molecule has 0 atom stereocenters. The van der Waals surface area contributed by atoms with Crippen molar-refractivity contribution in [3.63, 3.8) is 0 Å². The molecule has 0 unspecified atom stereocenters. The molecule has 2 fully saturated rings. The van der Waals surface area contributed by atoms with E-state index in [0.717, 1.165) is 11.8 Å². The van der Waals surface area contributed by atoms with E-state index in [4.69, 9.17) is 0 Å². The zero-order valence-electron chi connectivity index (χ0n) is 15.4. The summed E-state index contributed by atoms with van der Waals surface area (Å²) in [6.45, 7) is 0. The lowest BCUT2D eigenvalue weighted by Crippen LogP contribution is -2.07. The number of rotatable bonds is 2. The first-order valence-electron chi connectivity index (χ1n) is 10.6. The maximum Gasteiger partial charge on any atom is -0.00106 e. The van der Waals surface area contributed by atoms with Gasteiger partial charge in [0, 0.05) is 0 Å². The molecule has 25 heavy (non-hydrogen) atoms. The monoisotopic (exact) mass is 330 g/mol. The van der Waals surface area contributed by atoms with Crippen molar-refractivity contribution in [1.29, 1.82) is 0 Å². The largest absolute Gasteiger partial charge is 0.0613 e. The summed E-state index contributed by atoms with van der Waals surface area (Å²) in [7, 11) is 0. The second-order valence-corrected chi connectivity index (χ2v) is 8.64. The molecule has 3 aliphatic rings. The van der Waals surface area contributed by atoms with Gasteiger partial charge in [0.05, 0.1) is 0 Å². The fourth-order valence-electron chi connectivity index (χ4n) is 5.73. The Bertz CT molecular complexity index is 758. The molecule has 0 aliphatic heterocycles. The van der Waals surface area contributed by atoms with Crippen LogP contribution in [0.4, 0.5) is 0 Å². The maximum atomic E-state index is 2.56. The van der Waals surface area contributed by atoms with Gasteiger partial charge >= 0.3 is 0 Å². The van der Waals surface area contributed by atoms with Gasteiger partial charge in [-0.1, -0.05) is 74.9 Å². The molecule has 0 aromatic heterocycles. The first kappa shape index (κ1) is 15.7. The molecule has 0 amide bonds. The Hall–Kier alpha value is -1.56. The lowest BCUT2D eigenvalue weighted by Gasteiger charge is -2.24. The van der Waals surface area contributed by atoms with E-state index >= 15 is 0 Å². The van der Waals surface area contributed by atoms with E-state index in [1.165, 1.54) is 70.6 Å².